The number of thioether (sulfide) groups is 1. The number of carbonyl (C=O) groups is 1. The third kappa shape index (κ3) is 5.64. The second-order valence-electron chi connectivity index (χ2n) is 9.13. The molecule has 0 N–H and O–H groups in total. The van der Waals surface area contributed by atoms with Gasteiger partial charge in [0, 0.05) is 30.7 Å². The van der Waals surface area contributed by atoms with Crippen LogP contribution in [0.4, 0.5) is 5.13 Å². The summed E-state index contributed by atoms with van der Waals surface area (Å²) in [5, 5.41) is 0.612. The van der Waals surface area contributed by atoms with Crippen molar-refractivity contribution < 1.29 is 17.9 Å². The van der Waals surface area contributed by atoms with Crippen molar-refractivity contribution in [2.75, 3.05) is 31.4 Å². The molecule has 1 amide bonds. The lowest BCUT2D eigenvalue weighted by Gasteiger charge is -2.23. The number of nitrogens with zero attached hydrogens (tertiary/aromatic N) is 3. The van der Waals surface area contributed by atoms with Crippen molar-refractivity contribution in [1.29, 1.82) is 0 Å². The molecular formula is C28H29N3O4S3. The third-order valence-corrected chi connectivity index (χ3v) is 10.2. The van der Waals surface area contributed by atoms with Gasteiger partial charge in [-0.2, -0.15) is 4.31 Å². The van der Waals surface area contributed by atoms with E-state index in [-0.39, 0.29) is 23.5 Å². The highest BCUT2D eigenvalue weighted by atomic mass is 32.2. The molecule has 5 rings (SSSR count). The zero-order valence-corrected chi connectivity index (χ0v) is 23.7. The van der Waals surface area contributed by atoms with Crippen LogP contribution in [0.5, 0.6) is 0 Å². The molecule has 0 spiro atoms. The molecule has 1 saturated heterocycles. The summed E-state index contributed by atoms with van der Waals surface area (Å²) >= 11 is 3.10. The van der Waals surface area contributed by atoms with Gasteiger partial charge >= 0.3 is 0 Å². The van der Waals surface area contributed by atoms with Crippen molar-refractivity contribution in [3.05, 3.63) is 83.9 Å². The zero-order chi connectivity index (χ0) is 26.7. The van der Waals surface area contributed by atoms with Gasteiger partial charge in [-0.3, -0.25) is 9.69 Å². The van der Waals surface area contributed by atoms with Crippen molar-refractivity contribution in [2.45, 2.75) is 35.3 Å². The summed E-state index contributed by atoms with van der Waals surface area (Å²) in [5.74, 6) is -0.230. The first kappa shape index (κ1) is 26.8. The van der Waals surface area contributed by atoms with Gasteiger partial charge in [0.25, 0.3) is 5.91 Å². The molecule has 4 aromatic rings. The monoisotopic (exact) mass is 567 g/mol. The number of sulfonamides is 1. The van der Waals surface area contributed by atoms with Crippen LogP contribution in [0, 0.1) is 0 Å². The van der Waals surface area contributed by atoms with Crippen LogP contribution in [-0.2, 0) is 21.3 Å². The molecule has 0 bridgehead atoms. The molecule has 38 heavy (non-hydrogen) atoms. The van der Waals surface area contributed by atoms with Gasteiger partial charge in [0.2, 0.25) is 10.0 Å². The molecular weight excluding hydrogens is 539 g/mol. The molecule has 1 atom stereocenters. The molecule has 0 aliphatic carbocycles. The van der Waals surface area contributed by atoms with Crippen LogP contribution in [-0.4, -0.2) is 56.2 Å². The highest BCUT2D eigenvalue weighted by Gasteiger charge is 2.28. The molecule has 1 aliphatic heterocycles. The maximum Gasteiger partial charge on any atom is 0.260 e. The molecule has 10 heteroatoms. The average Bonchev–Trinajstić information content (AvgIpc) is 3.61. The van der Waals surface area contributed by atoms with E-state index in [4.69, 9.17) is 9.72 Å². The number of fused-ring (bicyclic) bond motifs is 1. The van der Waals surface area contributed by atoms with Crippen LogP contribution in [0.25, 0.3) is 10.2 Å². The van der Waals surface area contributed by atoms with E-state index in [0.717, 1.165) is 33.5 Å². The molecule has 0 saturated carbocycles. The number of hydrogen-bond acceptors (Lipinski definition) is 7. The summed E-state index contributed by atoms with van der Waals surface area (Å²) < 4.78 is 34.5. The Labute approximate surface area is 231 Å². The number of rotatable bonds is 9. The van der Waals surface area contributed by atoms with Crippen LogP contribution in [0.3, 0.4) is 0 Å². The average molecular weight is 568 g/mol. The van der Waals surface area contributed by atoms with Crippen molar-refractivity contribution in [3.63, 3.8) is 0 Å². The Morgan fingerprint density at radius 3 is 2.53 bits per heavy atom. The van der Waals surface area contributed by atoms with Gasteiger partial charge in [-0.25, -0.2) is 13.4 Å². The molecule has 0 radical (unpaired) electrons. The maximum atomic E-state index is 13.8. The Morgan fingerprint density at radius 1 is 1.08 bits per heavy atom. The first-order chi connectivity index (χ1) is 18.4. The normalized spacial score (nSPS) is 15.8. The molecule has 1 unspecified atom stereocenters. The molecule has 1 fully saturated rings. The minimum Gasteiger partial charge on any atom is -0.376 e. The van der Waals surface area contributed by atoms with Crippen molar-refractivity contribution in [1.82, 2.24) is 9.29 Å². The van der Waals surface area contributed by atoms with Crippen LogP contribution in [0.1, 0.15) is 28.8 Å². The van der Waals surface area contributed by atoms with E-state index in [1.807, 2.05) is 54.8 Å². The molecule has 7 nitrogen and oxygen atoms in total. The number of hydrogen-bond donors (Lipinski definition) is 0. The summed E-state index contributed by atoms with van der Waals surface area (Å²) in [6, 6.07) is 21.6. The van der Waals surface area contributed by atoms with Crippen LogP contribution in [0.15, 0.2) is 82.6 Å². The number of anilines is 1. The number of benzene rings is 3. The summed E-state index contributed by atoms with van der Waals surface area (Å²) in [6.45, 7) is 1.34. The molecule has 1 aromatic heterocycles. The molecule has 3 aromatic carbocycles. The number of aromatic nitrogens is 1. The van der Waals surface area contributed by atoms with Gasteiger partial charge in [0.15, 0.2) is 5.13 Å². The predicted molar refractivity (Wildman–Crippen MR) is 154 cm³/mol. The number of carbonyl (C=O) groups excluding carboxylic acids is 1. The lowest BCUT2D eigenvalue weighted by molar-refractivity contribution is 0.0917. The Morgan fingerprint density at radius 2 is 1.84 bits per heavy atom. The lowest BCUT2D eigenvalue weighted by atomic mass is 10.2. The van der Waals surface area contributed by atoms with E-state index in [2.05, 4.69) is 0 Å². The van der Waals surface area contributed by atoms with E-state index in [1.165, 1.54) is 27.8 Å². The smallest absolute Gasteiger partial charge is 0.260 e. The largest absolute Gasteiger partial charge is 0.376 e. The Bertz CT molecular complexity index is 1520. The minimum absolute atomic E-state index is 0.0581. The quantitative estimate of drug-likeness (QED) is 0.243. The molecule has 1 aliphatic rings. The Hall–Kier alpha value is -2.76. The standard InChI is InChI=1S/C28H29N3O4S3/c1-30(18-20-8-4-3-5-9-20)38(33,34)23-15-13-21(14-16-23)27(32)31(19-22-10-7-17-35-22)28-29-26-24(36-2)11-6-12-25(26)37-28/h3-6,8-9,11-16,22H,7,10,17-19H2,1-2H3. The van der Waals surface area contributed by atoms with E-state index in [0.29, 0.717) is 23.8 Å². The Balaban J connectivity index is 1.41. The van der Waals surface area contributed by atoms with Crippen LogP contribution in [0.2, 0.25) is 0 Å². The van der Waals surface area contributed by atoms with Crippen LogP contribution >= 0.6 is 23.1 Å². The SMILES string of the molecule is CSc1cccc2sc(N(CC3CCCO3)C(=O)c3ccc(S(=O)(=O)N(C)Cc4ccccc4)cc3)nc12. The molecule has 2 heterocycles. The van der Waals surface area contributed by atoms with E-state index in [9.17, 15) is 13.2 Å². The van der Waals surface area contributed by atoms with Crippen molar-refractivity contribution >= 4 is 54.4 Å². The lowest BCUT2D eigenvalue weighted by Crippen LogP contribution is -2.37. The second kappa shape index (κ2) is 11.5. The number of ether oxygens (including phenoxy) is 1. The number of para-hydroxylation sites is 1. The fourth-order valence-electron chi connectivity index (χ4n) is 4.46. The topological polar surface area (TPSA) is 79.8 Å². The fourth-order valence-corrected chi connectivity index (χ4v) is 7.25. The van der Waals surface area contributed by atoms with E-state index >= 15 is 0 Å². The Kier molecular flexibility index (Phi) is 8.15. The van der Waals surface area contributed by atoms with E-state index < -0.39 is 10.0 Å². The van der Waals surface area contributed by atoms with Gasteiger partial charge in [-0.05, 0) is 61.1 Å². The zero-order valence-electron chi connectivity index (χ0n) is 21.2. The van der Waals surface area contributed by atoms with E-state index in [1.54, 1.807) is 35.8 Å². The summed E-state index contributed by atoms with van der Waals surface area (Å²) in [6.07, 6.45) is 3.80. The minimum atomic E-state index is -3.72. The van der Waals surface area contributed by atoms with Gasteiger partial charge in [-0.15, -0.1) is 11.8 Å². The van der Waals surface area contributed by atoms with Gasteiger partial charge < -0.3 is 4.74 Å². The molecule has 198 valence electrons. The number of amides is 1. The predicted octanol–water partition coefficient (Wildman–Crippen LogP) is 5.66. The maximum absolute atomic E-state index is 13.8. The summed E-state index contributed by atoms with van der Waals surface area (Å²) in [7, 11) is -2.16. The van der Waals surface area contributed by atoms with Crippen molar-refractivity contribution in [3.8, 4) is 0 Å². The summed E-state index contributed by atoms with van der Waals surface area (Å²) in [5.41, 5.74) is 2.18. The van der Waals surface area contributed by atoms with Crippen LogP contribution < -0.4 is 4.90 Å². The van der Waals surface area contributed by atoms with Gasteiger partial charge in [-0.1, -0.05) is 47.7 Å². The summed E-state index contributed by atoms with van der Waals surface area (Å²) in [4.78, 5) is 21.5. The van der Waals surface area contributed by atoms with Gasteiger partial charge in [0.1, 0.15) is 0 Å². The van der Waals surface area contributed by atoms with Crippen molar-refractivity contribution in [2.24, 2.45) is 0 Å². The highest BCUT2D eigenvalue weighted by molar-refractivity contribution is 7.98. The first-order valence-corrected chi connectivity index (χ1v) is 15.8. The fraction of sp³-hybridized carbons (Fsp3) is 0.286. The second-order valence-corrected chi connectivity index (χ2v) is 13.0. The first-order valence-electron chi connectivity index (χ1n) is 12.3. The van der Waals surface area contributed by atoms with Gasteiger partial charge in [0.05, 0.1) is 27.8 Å². The number of thiazole rings is 1. The third-order valence-electron chi connectivity index (χ3n) is 6.53. The highest BCUT2D eigenvalue weighted by Crippen LogP contribution is 2.35.